The molecule has 0 radical (unpaired) electrons. The van der Waals surface area contributed by atoms with Crippen molar-refractivity contribution in [1.29, 1.82) is 0 Å². The third-order valence-electron chi connectivity index (χ3n) is 5.19. The molecule has 138 valence electrons. The van der Waals surface area contributed by atoms with Crippen LogP contribution in [0.25, 0.3) is 22.4 Å². The van der Waals surface area contributed by atoms with Crippen molar-refractivity contribution < 1.29 is 0 Å². The standard InChI is InChI=1S/C21H27N3O2/c1-4-23(5-2)12-8-9-15(3)24-18-11-7-6-10-16(18)22-17-13-20(25)21(26)14-19(17)24/h6-7,10-11,13-15,22H,4-5,8-9,12H2,1-3H3. The zero-order valence-corrected chi connectivity index (χ0v) is 15.8. The third kappa shape index (κ3) is 3.58. The summed E-state index contributed by atoms with van der Waals surface area (Å²) >= 11 is 0. The van der Waals surface area contributed by atoms with Crippen LogP contribution in [0.15, 0.2) is 46.0 Å². The molecule has 0 saturated carbocycles. The molecule has 3 rings (SSSR count). The molecular formula is C21H27N3O2. The van der Waals surface area contributed by atoms with E-state index in [1.807, 2.05) is 18.2 Å². The van der Waals surface area contributed by atoms with Crippen LogP contribution in [0.3, 0.4) is 0 Å². The smallest absolute Gasteiger partial charge is 0.227 e. The molecule has 1 unspecified atom stereocenters. The van der Waals surface area contributed by atoms with Crippen molar-refractivity contribution in [3.8, 4) is 11.4 Å². The topological polar surface area (TPSA) is 58.1 Å². The molecule has 0 fully saturated rings. The quantitative estimate of drug-likeness (QED) is 0.523. The van der Waals surface area contributed by atoms with Crippen LogP contribution in [-0.2, 0) is 0 Å². The molecular weight excluding hydrogens is 326 g/mol. The number of aromatic nitrogens is 2. The third-order valence-corrected chi connectivity index (χ3v) is 5.19. The molecule has 2 aliphatic rings. The number of fused-ring (bicyclic) bond motifs is 2. The Balaban J connectivity index is 2.03. The number of para-hydroxylation sites is 2. The average molecular weight is 353 g/mol. The van der Waals surface area contributed by atoms with E-state index in [4.69, 9.17) is 0 Å². The van der Waals surface area contributed by atoms with Gasteiger partial charge in [-0.25, -0.2) is 0 Å². The Morgan fingerprint density at radius 3 is 2.50 bits per heavy atom. The predicted molar refractivity (Wildman–Crippen MR) is 107 cm³/mol. The summed E-state index contributed by atoms with van der Waals surface area (Å²) in [5, 5.41) is 0. The lowest BCUT2D eigenvalue weighted by Gasteiger charge is -2.25. The molecule has 5 nitrogen and oxygen atoms in total. The second-order valence-corrected chi connectivity index (χ2v) is 6.85. The van der Waals surface area contributed by atoms with E-state index in [9.17, 15) is 9.59 Å². The molecule has 0 amide bonds. The van der Waals surface area contributed by atoms with Crippen molar-refractivity contribution >= 4 is 11.0 Å². The summed E-state index contributed by atoms with van der Waals surface area (Å²) in [4.78, 5) is 29.5. The van der Waals surface area contributed by atoms with Crippen LogP contribution in [0.5, 0.6) is 0 Å². The van der Waals surface area contributed by atoms with Crippen LogP contribution >= 0.6 is 0 Å². The van der Waals surface area contributed by atoms with E-state index in [0.717, 1.165) is 49.2 Å². The molecule has 0 aromatic heterocycles. The maximum absolute atomic E-state index is 12.0. The van der Waals surface area contributed by atoms with E-state index in [0.29, 0.717) is 5.69 Å². The van der Waals surface area contributed by atoms with Crippen LogP contribution in [0.4, 0.5) is 0 Å². The van der Waals surface area contributed by atoms with Crippen molar-refractivity contribution in [2.75, 3.05) is 19.6 Å². The molecule has 0 saturated heterocycles. The van der Waals surface area contributed by atoms with Crippen molar-refractivity contribution in [3.63, 3.8) is 0 Å². The molecule has 1 heterocycles. The van der Waals surface area contributed by atoms with E-state index >= 15 is 0 Å². The summed E-state index contributed by atoms with van der Waals surface area (Å²) in [7, 11) is 0. The number of nitrogens with one attached hydrogen (secondary N) is 1. The van der Waals surface area contributed by atoms with E-state index < -0.39 is 10.9 Å². The highest BCUT2D eigenvalue weighted by Crippen LogP contribution is 2.29. The van der Waals surface area contributed by atoms with Gasteiger partial charge in [0.15, 0.2) is 0 Å². The molecule has 5 heteroatoms. The highest BCUT2D eigenvalue weighted by atomic mass is 16.2. The summed E-state index contributed by atoms with van der Waals surface area (Å²) in [6.07, 6.45) is 2.10. The van der Waals surface area contributed by atoms with Crippen LogP contribution in [0.1, 0.15) is 39.7 Å². The van der Waals surface area contributed by atoms with E-state index in [2.05, 4.69) is 41.3 Å². The van der Waals surface area contributed by atoms with Gasteiger partial charge in [0.05, 0.1) is 22.4 Å². The Kier molecular flexibility index (Phi) is 5.57. The van der Waals surface area contributed by atoms with Crippen LogP contribution in [-0.4, -0.2) is 34.1 Å². The SMILES string of the molecule is CCN(CC)CCCC(C)n1c2cc(=O)c(=O)cc-2[nH]c2ccccc21. The van der Waals surface area contributed by atoms with Crippen molar-refractivity contribution in [2.24, 2.45) is 0 Å². The van der Waals surface area contributed by atoms with Gasteiger partial charge in [-0.1, -0.05) is 26.0 Å². The Morgan fingerprint density at radius 2 is 1.77 bits per heavy atom. The first-order valence-corrected chi connectivity index (χ1v) is 9.44. The Labute approximate surface area is 153 Å². The number of H-pyrrole nitrogens is 1. The van der Waals surface area contributed by atoms with E-state index in [-0.39, 0.29) is 6.04 Å². The van der Waals surface area contributed by atoms with Gasteiger partial charge in [-0.05, 0) is 51.5 Å². The number of nitrogens with zero attached hydrogens (tertiary/aromatic N) is 2. The van der Waals surface area contributed by atoms with Gasteiger partial charge in [0.1, 0.15) is 0 Å². The van der Waals surface area contributed by atoms with Crippen LogP contribution in [0, 0.1) is 0 Å². The second-order valence-electron chi connectivity index (χ2n) is 6.85. The Bertz CT molecular complexity index is 969. The maximum atomic E-state index is 12.0. The molecule has 0 spiro atoms. The molecule has 26 heavy (non-hydrogen) atoms. The maximum Gasteiger partial charge on any atom is 0.227 e. The molecule has 1 N–H and O–H groups in total. The summed E-state index contributed by atoms with van der Waals surface area (Å²) in [5.41, 5.74) is 2.60. The summed E-state index contributed by atoms with van der Waals surface area (Å²) in [6.45, 7) is 9.76. The lowest BCUT2D eigenvalue weighted by Crippen LogP contribution is -2.26. The molecule has 1 aromatic rings. The Hall–Kier alpha value is -2.40. The first-order valence-electron chi connectivity index (χ1n) is 9.44. The van der Waals surface area contributed by atoms with Gasteiger partial charge in [0.2, 0.25) is 10.9 Å². The lowest BCUT2D eigenvalue weighted by molar-refractivity contribution is 0.289. The number of hydrogen-bond donors (Lipinski definition) is 1. The van der Waals surface area contributed by atoms with Crippen molar-refractivity contribution in [3.05, 3.63) is 56.8 Å². The van der Waals surface area contributed by atoms with E-state index in [1.165, 1.54) is 12.1 Å². The fourth-order valence-electron chi connectivity index (χ4n) is 3.67. The normalized spacial score (nSPS) is 12.9. The molecule has 1 aliphatic heterocycles. The zero-order chi connectivity index (χ0) is 18.7. The van der Waals surface area contributed by atoms with Gasteiger partial charge in [0.25, 0.3) is 0 Å². The molecule has 1 aliphatic carbocycles. The van der Waals surface area contributed by atoms with E-state index in [1.54, 1.807) is 0 Å². The fourth-order valence-corrected chi connectivity index (χ4v) is 3.67. The number of hydrogen-bond acceptors (Lipinski definition) is 3. The van der Waals surface area contributed by atoms with Crippen LogP contribution < -0.4 is 10.9 Å². The minimum absolute atomic E-state index is 0.226. The number of rotatable bonds is 7. The largest absolute Gasteiger partial charge is 0.352 e. The molecule has 1 atom stereocenters. The highest BCUT2D eigenvalue weighted by Gasteiger charge is 2.17. The van der Waals surface area contributed by atoms with Gasteiger partial charge in [-0.2, -0.15) is 0 Å². The minimum atomic E-state index is -0.468. The number of aromatic amines is 1. The van der Waals surface area contributed by atoms with Gasteiger partial charge in [-0.15, -0.1) is 0 Å². The fraction of sp³-hybridized carbons (Fsp3) is 0.429. The predicted octanol–water partition coefficient (Wildman–Crippen LogP) is 3.48. The highest BCUT2D eigenvalue weighted by molar-refractivity contribution is 5.80. The second kappa shape index (κ2) is 7.87. The Morgan fingerprint density at radius 1 is 1.08 bits per heavy atom. The molecule has 0 bridgehead atoms. The molecule has 1 aromatic carbocycles. The van der Waals surface area contributed by atoms with Crippen molar-refractivity contribution in [2.45, 2.75) is 39.7 Å². The first kappa shape index (κ1) is 18.4. The van der Waals surface area contributed by atoms with Gasteiger partial charge < -0.3 is 14.5 Å². The monoisotopic (exact) mass is 353 g/mol. The van der Waals surface area contributed by atoms with Gasteiger partial charge >= 0.3 is 0 Å². The lowest BCUT2D eigenvalue weighted by atomic mass is 10.1. The number of benzene rings is 2. The van der Waals surface area contributed by atoms with Gasteiger partial charge in [-0.3, -0.25) is 9.59 Å². The summed E-state index contributed by atoms with van der Waals surface area (Å²) in [6, 6.07) is 11.2. The first-order chi connectivity index (χ1) is 12.5. The van der Waals surface area contributed by atoms with Crippen LogP contribution in [0.2, 0.25) is 0 Å². The average Bonchev–Trinajstić information content (AvgIpc) is 2.64. The minimum Gasteiger partial charge on any atom is -0.352 e. The summed E-state index contributed by atoms with van der Waals surface area (Å²) in [5.74, 6) is 0. The zero-order valence-electron chi connectivity index (χ0n) is 15.8. The van der Waals surface area contributed by atoms with Gasteiger partial charge in [0, 0.05) is 18.2 Å². The summed E-state index contributed by atoms with van der Waals surface area (Å²) < 4.78 is 2.20. The van der Waals surface area contributed by atoms with Crippen molar-refractivity contribution in [1.82, 2.24) is 14.5 Å².